The van der Waals surface area contributed by atoms with Crippen LogP contribution in [-0.2, 0) is 4.43 Å². The zero-order valence-corrected chi connectivity index (χ0v) is 15.5. The number of aromatic nitrogens is 1. The second-order valence-corrected chi connectivity index (χ2v) is 12.3. The SMILES string of the molecule is CC(=O)c1ncc(C(O[Si](C)(C)CC(C)(C)C)C(F)(F)F)s1. The molecule has 1 rings (SSSR count). The van der Waals surface area contributed by atoms with E-state index in [1.807, 2.05) is 20.8 Å². The van der Waals surface area contributed by atoms with Crippen molar-refractivity contribution in [3.63, 3.8) is 0 Å². The first kappa shape index (κ1) is 19.3. The molecule has 0 aliphatic heterocycles. The third-order valence-corrected chi connectivity index (χ3v) is 6.70. The summed E-state index contributed by atoms with van der Waals surface area (Å²) in [5, 5.41) is 0.0724. The van der Waals surface area contributed by atoms with Gasteiger partial charge in [-0.3, -0.25) is 4.79 Å². The Hall–Kier alpha value is -0.733. The molecule has 0 spiro atoms. The Morgan fingerprint density at radius 2 is 1.91 bits per heavy atom. The highest BCUT2D eigenvalue weighted by Gasteiger charge is 2.47. The van der Waals surface area contributed by atoms with Crippen LogP contribution >= 0.6 is 11.3 Å². The molecule has 0 saturated heterocycles. The molecular weight excluding hydrogens is 331 g/mol. The Morgan fingerprint density at radius 1 is 1.36 bits per heavy atom. The number of nitrogens with zero attached hydrogens (tertiary/aromatic N) is 1. The highest BCUT2D eigenvalue weighted by Crippen LogP contribution is 2.42. The number of hydrogen-bond acceptors (Lipinski definition) is 4. The lowest BCUT2D eigenvalue weighted by Gasteiger charge is -2.34. The van der Waals surface area contributed by atoms with Crippen molar-refractivity contribution in [3.8, 4) is 0 Å². The number of ketones is 1. The third-order valence-electron chi connectivity index (χ3n) is 2.77. The fourth-order valence-corrected chi connectivity index (χ4v) is 6.98. The predicted octanol–water partition coefficient (Wildman–Crippen LogP) is 5.22. The van der Waals surface area contributed by atoms with Gasteiger partial charge < -0.3 is 4.43 Å². The van der Waals surface area contributed by atoms with Crippen LogP contribution in [0.4, 0.5) is 13.2 Å². The molecule has 1 atom stereocenters. The summed E-state index contributed by atoms with van der Waals surface area (Å²) in [4.78, 5) is 14.9. The molecule has 0 N–H and O–H groups in total. The fraction of sp³-hybridized carbons (Fsp3) is 0.714. The Bertz CT molecular complexity index is 535. The minimum absolute atomic E-state index is 0.0628. The van der Waals surface area contributed by atoms with Gasteiger partial charge in [-0.25, -0.2) is 4.98 Å². The summed E-state index contributed by atoms with van der Waals surface area (Å²) < 4.78 is 45.6. The van der Waals surface area contributed by atoms with Crippen LogP contribution in [0, 0.1) is 5.41 Å². The molecule has 0 aliphatic rings. The van der Waals surface area contributed by atoms with Crippen LogP contribution in [0.1, 0.15) is 48.5 Å². The highest BCUT2D eigenvalue weighted by atomic mass is 32.1. The van der Waals surface area contributed by atoms with Crippen molar-refractivity contribution < 1.29 is 22.4 Å². The van der Waals surface area contributed by atoms with Crippen molar-refractivity contribution in [2.45, 2.75) is 59.1 Å². The Balaban J connectivity index is 3.06. The van der Waals surface area contributed by atoms with E-state index < -0.39 is 20.6 Å². The van der Waals surface area contributed by atoms with Gasteiger partial charge in [0, 0.05) is 13.1 Å². The first-order valence-electron chi connectivity index (χ1n) is 6.92. The molecule has 0 bridgehead atoms. The quantitative estimate of drug-likeness (QED) is 0.538. The van der Waals surface area contributed by atoms with Crippen molar-refractivity contribution in [1.29, 1.82) is 0 Å². The Labute approximate surface area is 134 Å². The predicted molar refractivity (Wildman–Crippen MR) is 83.7 cm³/mol. The molecular formula is C14H22F3NO2SSi. The lowest BCUT2D eigenvalue weighted by Crippen LogP contribution is -2.40. The zero-order chi connectivity index (χ0) is 17.3. The summed E-state index contributed by atoms with van der Waals surface area (Å²) in [6, 6.07) is 0.602. The zero-order valence-electron chi connectivity index (χ0n) is 13.7. The van der Waals surface area contributed by atoms with E-state index in [1.54, 1.807) is 13.1 Å². The van der Waals surface area contributed by atoms with E-state index in [-0.39, 0.29) is 21.1 Å². The third kappa shape index (κ3) is 5.81. The molecule has 0 aromatic carbocycles. The average molecular weight is 353 g/mol. The summed E-state index contributed by atoms with van der Waals surface area (Å²) in [6.45, 7) is 10.8. The molecule has 0 fully saturated rings. The van der Waals surface area contributed by atoms with E-state index in [9.17, 15) is 18.0 Å². The molecule has 8 heteroatoms. The minimum atomic E-state index is -4.53. The molecule has 0 aliphatic carbocycles. The van der Waals surface area contributed by atoms with Gasteiger partial charge in [0.2, 0.25) is 0 Å². The van der Waals surface area contributed by atoms with Crippen LogP contribution in [0.25, 0.3) is 0 Å². The standard InChI is InChI=1S/C14H22F3NO2SSi/c1-9(19)12-18-7-10(21-12)11(14(15,16)17)20-22(5,6)8-13(2,3)4/h7,11H,8H2,1-6H3. The first-order valence-corrected chi connectivity index (χ1v) is 10.9. The van der Waals surface area contributed by atoms with Crippen molar-refractivity contribution in [2.24, 2.45) is 5.41 Å². The second-order valence-electron chi connectivity index (χ2n) is 7.16. The summed E-state index contributed by atoms with van der Waals surface area (Å²) in [6.07, 6.45) is -5.44. The van der Waals surface area contributed by atoms with Crippen LogP contribution in [0.5, 0.6) is 0 Å². The number of thiazole rings is 1. The van der Waals surface area contributed by atoms with Gasteiger partial charge in [-0.05, 0) is 24.6 Å². The molecule has 1 unspecified atom stereocenters. The fourth-order valence-electron chi connectivity index (χ4n) is 2.49. The van der Waals surface area contributed by atoms with Crippen molar-refractivity contribution in [3.05, 3.63) is 16.1 Å². The van der Waals surface area contributed by atoms with Crippen LogP contribution < -0.4 is 0 Å². The molecule has 0 radical (unpaired) electrons. The lowest BCUT2D eigenvalue weighted by molar-refractivity contribution is -0.200. The number of alkyl halides is 3. The van der Waals surface area contributed by atoms with Gasteiger partial charge in [0.25, 0.3) is 0 Å². The number of carbonyl (C=O) groups excluding carboxylic acids is 1. The largest absolute Gasteiger partial charge is 0.418 e. The van der Waals surface area contributed by atoms with Gasteiger partial charge in [-0.1, -0.05) is 20.8 Å². The molecule has 0 saturated carbocycles. The summed E-state index contributed by atoms with van der Waals surface area (Å²) in [5.74, 6) is -0.344. The van der Waals surface area contributed by atoms with Gasteiger partial charge in [-0.15, -0.1) is 11.3 Å². The minimum Gasteiger partial charge on any atom is -0.402 e. The van der Waals surface area contributed by atoms with Crippen LogP contribution in [0.3, 0.4) is 0 Å². The Morgan fingerprint density at radius 3 is 2.27 bits per heavy atom. The van der Waals surface area contributed by atoms with Crippen molar-refractivity contribution in [1.82, 2.24) is 4.98 Å². The molecule has 3 nitrogen and oxygen atoms in total. The maximum Gasteiger partial charge on any atom is 0.418 e. The van der Waals surface area contributed by atoms with Crippen molar-refractivity contribution in [2.75, 3.05) is 0 Å². The monoisotopic (exact) mass is 353 g/mol. The number of Topliss-reactive ketones (excluding diaryl/α,β-unsaturated/α-hetero) is 1. The number of hydrogen-bond donors (Lipinski definition) is 0. The summed E-state index contributed by atoms with van der Waals surface area (Å²) in [7, 11) is -2.54. The lowest BCUT2D eigenvalue weighted by atomic mass is 10.0. The molecule has 22 heavy (non-hydrogen) atoms. The van der Waals surface area contributed by atoms with Gasteiger partial charge in [0.05, 0.1) is 4.88 Å². The average Bonchev–Trinajstić information content (AvgIpc) is 2.69. The van der Waals surface area contributed by atoms with E-state index in [0.29, 0.717) is 6.04 Å². The summed E-state index contributed by atoms with van der Waals surface area (Å²) >= 11 is 0.751. The number of rotatable bonds is 5. The number of carbonyl (C=O) groups is 1. The van der Waals surface area contributed by atoms with Crippen LogP contribution in [0.2, 0.25) is 19.1 Å². The summed E-state index contributed by atoms with van der Waals surface area (Å²) in [5.41, 5.74) is -0.107. The maximum atomic E-state index is 13.4. The topological polar surface area (TPSA) is 39.2 Å². The van der Waals surface area contributed by atoms with Gasteiger partial charge >= 0.3 is 6.18 Å². The highest BCUT2D eigenvalue weighted by molar-refractivity contribution is 7.13. The van der Waals surface area contributed by atoms with E-state index >= 15 is 0 Å². The van der Waals surface area contributed by atoms with Crippen LogP contribution in [-0.4, -0.2) is 25.3 Å². The second kappa shape index (κ2) is 6.41. The van der Waals surface area contributed by atoms with Gasteiger partial charge in [0.1, 0.15) is 0 Å². The van der Waals surface area contributed by atoms with Gasteiger partial charge in [0.15, 0.2) is 25.2 Å². The molecule has 1 heterocycles. The number of halogens is 3. The normalized spacial score (nSPS) is 15.0. The first-order chi connectivity index (χ1) is 9.71. The molecule has 1 aromatic heterocycles. The van der Waals surface area contributed by atoms with Crippen molar-refractivity contribution >= 4 is 25.4 Å². The molecule has 1 aromatic rings. The molecule has 126 valence electrons. The van der Waals surface area contributed by atoms with Crippen LogP contribution in [0.15, 0.2) is 6.20 Å². The Kier molecular flexibility index (Phi) is 5.62. The van der Waals surface area contributed by atoms with Gasteiger partial charge in [-0.2, -0.15) is 13.2 Å². The smallest absolute Gasteiger partial charge is 0.402 e. The van der Waals surface area contributed by atoms with E-state index in [4.69, 9.17) is 4.43 Å². The maximum absolute atomic E-state index is 13.4. The van der Waals surface area contributed by atoms with E-state index in [2.05, 4.69) is 4.98 Å². The van der Waals surface area contributed by atoms with E-state index in [0.717, 1.165) is 17.5 Å². The molecule has 0 amide bonds. The van der Waals surface area contributed by atoms with E-state index in [1.165, 1.54) is 6.92 Å².